The van der Waals surface area contributed by atoms with Gasteiger partial charge in [-0.2, -0.15) is 0 Å². The van der Waals surface area contributed by atoms with Gasteiger partial charge in [-0.25, -0.2) is 0 Å². The summed E-state index contributed by atoms with van der Waals surface area (Å²) in [5.74, 6) is 0. The number of rotatable bonds is 4. The summed E-state index contributed by atoms with van der Waals surface area (Å²) in [4.78, 5) is 1.22. The number of thiophene rings is 1. The minimum Gasteiger partial charge on any atom is -0.310 e. The third-order valence-corrected chi connectivity index (χ3v) is 3.81. The van der Waals surface area contributed by atoms with Crippen molar-refractivity contribution in [2.45, 2.75) is 26.4 Å². The normalized spacial score (nSPS) is 11.1. The maximum Gasteiger partial charge on any atom is 0.0934 e. The fraction of sp³-hybridized carbons (Fsp3) is 0.286. The van der Waals surface area contributed by atoms with Crippen LogP contribution in [0.4, 0.5) is 0 Å². The van der Waals surface area contributed by atoms with E-state index in [-0.39, 0.29) is 0 Å². The van der Waals surface area contributed by atoms with Gasteiger partial charge < -0.3 is 5.32 Å². The molecule has 0 unspecified atom stereocenters. The zero-order chi connectivity index (χ0) is 12.3. The van der Waals surface area contributed by atoms with Crippen molar-refractivity contribution in [1.82, 2.24) is 5.32 Å². The topological polar surface area (TPSA) is 12.0 Å². The molecule has 0 aliphatic carbocycles. The molecule has 0 fully saturated rings. The highest BCUT2D eigenvalue weighted by atomic mass is 35.5. The summed E-state index contributed by atoms with van der Waals surface area (Å²) in [6.45, 7) is 5.23. The maximum absolute atomic E-state index is 5.93. The second-order valence-corrected chi connectivity index (χ2v) is 6.05. The van der Waals surface area contributed by atoms with Crippen molar-refractivity contribution >= 4 is 22.9 Å². The Morgan fingerprint density at radius 1 is 1.12 bits per heavy atom. The van der Waals surface area contributed by atoms with Crippen LogP contribution in [0.15, 0.2) is 36.4 Å². The van der Waals surface area contributed by atoms with Gasteiger partial charge in [0.05, 0.1) is 4.34 Å². The summed E-state index contributed by atoms with van der Waals surface area (Å²) < 4.78 is 0.838. The van der Waals surface area contributed by atoms with Gasteiger partial charge in [0.1, 0.15) is 0 Å². The Hall–Kier alpha value is -0.830. The molecule has 0 radical (unpaired) electrons. The fourth-order valence-corrected chi connectivity index (χ4v) is 2.63. The zero-order valence-electron chi connectivity index (χ0n) is 10.0. The van der Waals surface area contributed by atoms with Crippen molar-refractivity contribution in [3.05, 3.63) is 46.3 Å². The van der Waals surface area contributed by atoms with Crippen LogP contribution in [-0.4, -0.2) is 6.04 Å². The lowest BCUT2D eigenvalue weighted by atomic mass is 10.1. The summed E-state index contributed by atoms with van der Waals surface area (Å²) in [6.07, 6.45) is 0. The summed E-state index contributed by atoms with van der Waals surface area (Å²) in [6, 6.07) is 13.2. The molecule has 0 bridgehead atoms. The average molecular weight is 266 g/mol. The van der Waals surface area contributed by atoms with Crippen molar-refractivity contribution in [2.24, 2.45) is 0 Å². The summed E-state index contributed by atoms with van der Waals surface area (Å²) in [5, 5.41) is 3.41. The Labute approximate surface area is 111 Å². The first-order valence-corrected chi connectivity index (χ1v) is 6.92. The first-order chi connectivity index (χ1) is 8.15. The Kier molecular flexibility index (Phi) is 4.21. The molecule has 1 heterocycles. The van der Waals surface area contributed by atoms with E-state index < -0.39 is 0 Å². The number of benzene rings is 1. The largest absolute Gasteiger partial charge is 0.310 e. The van der Waals surface area contributed by atoms with Crippen LogP contribution in [0.3, 0.4) is 0 Å². The fourth-order valence-electron chi connectivity index (χ4n) is 1.58. The Morgan fingerprint density at radius 2 is 1.82 bits per heavy atom. The van der Waals surface area contributed by atoms with E-state index in [0.29, 0.717) is 6.04 Å². The van der Waals surface area contributed by atoms with Crippen LogP contribution < -0.4 is 5.32 Å². The standard InChI is InChI=1S/C14H16ClNS/c1-10(2)16-9-11-3-5-12(6-4-11)13-7-8-14(15)17-13/h3-8,10,16H,9H2,1-2H3. The van der Waals surface area contributed by atoms with Crippen molar-refractivity contribution in [1.29, 1.82) is 0 Å². The molecule has 90 valence electrons. The van der Waals surface area contributed by atoms with Crippen molar-refractivity contribution in [2.75, 3.05) is 0 Å². The monoisotopic (exact) mass is 265 g/mol. The predicted molar refractivity (Wildman–Crippen MR) is 76.7 cm³/mol. The highest BCUT2D eigenvalue weighted by Gasteiger charge is 2.01. The van der Waals surface area contributed by atoms with E-state index in [9.17, 15) is 0 Å². The second kappa shape index (κ2) is 5.67. The molecule has 0 aliphatic rings. The Morgan fingerprint density at radius 3 is 2.35 bits per heavy atom. The molecule has 1 nitrogen and oxygen atoms in total. The summed E-state index contributed by atoms with van der Waals surface area (Å²) in [5.41, 5.74) is 2.54. The van der Waals surface area contributed by atoms with Gasteiger partial charge in [0, 0.05) is 17.5 Å². The van der Waals surface area contributed by atoms with Gasteiger partial charge in [-0.1, -0.05) is 49.7 Å². The Bertz CT molecular complexity index is 473. The van der Waals surface area contributed by atoms with Crippen molar-refractivity contribution in [3.8, 4) is 10.4 Å². The molecule has 3 heteroatoms. The maximum atomic E-state index is 5.93. The second-order valence-electron chi connectivity index (χ2n) is 4.34. The quantitative estimate of drug-likeness (QED) is 0.854. The molecule has 2 rings (SSSR count). The third-order valence-electron chi connectivity index (χ3n) is 2.53. The van der Waals surface area contributed by atoms with Crippen LogP contribution in [0.2, 0.25) is 4.34 Å². The van der Waals surface area contributed by atoms with Gasteiger partial charge in [0.25, 0.3) is 0 Å². The van der Waals surface area contributed by atoms with Gasteiger partial charge in [-0.05, 0) is 23.3 Å². The first-order valence-electron chi connectivity index (χ1n) is 5.73. The lowest BCUT2D eigenvalue weighted by Gasteiger charge is -2.08. The third kappa shape index (κ3) is 3.56. The van der Waals surface area contributed by atoms with E-state index in [1.807, 2.05) is 6.07 Å². The number of nitrogens with one attached hydrogen (secondary N) is 1. The van der Waals surface area contributed by atoms with E-state index in [1.54, 1.807) is 11.3 Å². The molecule has 17 heavy (non-hydrogen) atoms. The predicted octanol–water partition coefficient (Wildman–Crippen LogP) is 4.57. The highest BCUT2D eigenvalue weighted by Crippen LogP contribution is 2.30. The molecular formula is C14H16ClNS. The van der Waals surface area contributed by atoms with Gasteiger partial charge in [-0.3, -0.25) is 0 Å². The first kappa shape index (κ1) is 12.6. The Balaban J connectivity index is 2.07. The van der Waals surface area contributed by atoms with Gasteiger partial charge in [-0.15, -0.1) is 11.3 Å². The molecule has 0 atom stereocenters. The van der Waals surface area contributed by atoms with Crippen molar-refractivity contribution < 1.29 is 0 Å². The average Bonchev–Trinajstić information content (AvgIpc) is 2.74. The number of hydrogen-bond acceptors (Lipinski definition) is 2. The van der Waals surface area contributed by atoms with Gasteiger partial charge in [0.2, 0.25) is 0 Å². The highest BCUT2D eigenvalue weighted by molar-refractivity contribution is 7.19. The minimum atomic E-state index is 0.519. The van der Waals surface area contributed by atoms with Crippen LogP contribution in [0.25, 0.3) is 10.4 Å². The van der Waals surface area contributed by atoms with E-state index in [2.05, 4.69) is 49.5 Å². The van der Waals surface area contributed by atoms with Crippen LogP contribution >= 0.6 is 22.9 Å². The van der Waals surface area contributed by atoms with E-state index in [0.717, 1.165) is 10.9 Å². The van der Waals surface area contributed by atoms with Crippen molar-refractivity contribution in [3.63, 3.8) is 0 Å². The molecule has 2 aromatic rings. The van der Waals surface area contributed by atoms with E-state index in [4.69, 9.17) is 11.6 Å². The molecule has 0 saturated carbocycles. The molecule has 0 spiro atoms. The molecule has 1 aromatic carbocycles. The zero-order valence-corrected chi connectivity index (χ0v) is 11.6. The van der Waals surface area contributed by atoms with Gasteiger partial charge >= 0.3 is 0 Å². The van der Waals surface area contributed by atoms with Gasteiger partial charge in [0.15, 0.2) is 0 Å². The molecular weight excluding hydrogens is 250 g/mol. The summed E-state index contributed by atoms with van der Waals surface area (Å²) >= 11 is 7.55. The smallest absolute Gasteiger partial charge is 0.0934 e. The molecule has 1 aromatic heterocycles. The van der Waals surface area contributed by atoms with Crippen LogP contribution in [0.5, 0.6) is 0 Å². The molecule has 0 aliphatic heterocycles. The van der Waals surface area contributed by atoms with Crippen LogP contribution in [-0.2, 0) is 6.54 Å². The SMILES string of the molecule is CC(C)NCc1ccc(-c2ccc(Cl)s2)cc1. The van der Waals surface area contributed by atoms with E-state index >= 15 is 0 Å². The summed E-state index contributed by atoms with van der Waals surface area (Å²) in [7, 11) is 0. The minimum absolute atomic E-state index is 0.519. The van der Waals surface area contributed by atoms with Crippen LogP contribution in [0.1, 0.15) is 19.4 Å². The molecule has 1 N–H and O–H groups in total. The lowest BCUT2D eigenvalue weighted by Crippen LogP contribution is -2.21. The molecule has 0 amide bonds. The van der Waals surface area contributed by atoms with Crippen LogP contribution in [0, 0.1) is 0 Å². The lowest BCUT2D eigenvalue weighted by molar-refractivity contribution is 0.589. The van der Waals surface area contributed by atoms with E-state index in [1.165, 1.54) is 16.0 Å². The number of halogens is 1. The molecule has 0 saturated heterocycles. The number of hydrogen-bond donors (Lipinski definition) is 1.